The summed E-state index contributed by atoms with van der Waals surface area (Å²) < 4.78 is 7.17. The molecule has 3 aromatic carbocycles. The number of nitro benzene ring substituents is 1. The Morgan fingerprint density at radius 2 is 1.82 bits per heavy atom. The number of allylic oxidation sites excluding steroid dienone is 4. The first-order valence-electron chi connectivity index (χ1n) is 15.6. The van der Waals surface area contributed by atoms with E-state index in [9.17, 15) is 10.1 Å². The van der Waals surface area contributed by atoms with E-state index < -0.39 is 18.4 Å². The third-order valence-corrected chi connectivity index (χ3v) is 10.4. The maximum atomic E-state index is 10.7. The van der Waals surface area contributed by atoms with Gasteiger partial charge < -0.3 is 4.90 Å². The van der Waals surface area contributed by atoms with Crippen LogP contribution >= 0.6 is 19.4 Å². The van der Waals surface area contributed by atoms with Crippen LogP contribution in [0.2, 0.25) is 0 Å². The summed E-state index contributed by atoms with van der Waals surface area (Å²) >= 11 is -2.05. The minimum atomic E-state index is -2.05. The van der Waals surface area contributed by atoms with Gasteiger partial charge in [-0.15, -0.1) is 5.41 Å². The van der Waals surface area contributed by atoms with Gasteiger partial charge >= 0.3 is 112 Å². The van der Waals surface area contributed by atoms with Crippen molar-refractivity contribution in [1.29, 1.82) is 0 Å². The molecule has 2 aliphatic rings. The van der Waals surface area contributed by atoms with Crippen molar-refractivity contribution < 1.29 is 23.2 Å². The molecule has 1 aliphatic heterocycles. The Balaban J connectivity index is 0.000000233. The van der Waals surface area contributed by atoms with Gasteiger partial charge in [-0.2, -0.15) is 0 Å². The molecule has 0 bridgehead atoms. The second kappa shape index (κ2) is 14.9. The Kier molecular flexibility index (Phi) is 11.7. The molecule has 1 saturated heterocycles. The van der Waals surface area contributed by atoms with Crippen LogP contribution in [0.5, 0.6) is 5.75 Å². The Labute approximate surface area is 281 Å². The van der Waals surface area contributed by atoms with Crippen molar-refractivity contribution in [1.82, 2.24) is 4.90 Å². The second-order valence-corrected chi connectivity index (χ2v) is 18.6. The van der Waals surface area contributed by atoms with Crippen LogP contribution in [0.4, 0.5) is 5.69 Å². The fourth-order valence-electron chi connectivity index (χ4n) is 6.79. The van der Waals surface area contributed by atoms with Crippen LogP contribution in [0, 0.1) is 22.6 Å². The van der Waals surface area contributed by atoms with Crippen molar-refractivity contribution in [2.45, 2.75) is 91.2 Å². The van der Waals surface area contributed by atoms with E-state index in [-0.39, 0.29) is 22.7 Å². The number of likely N-dealkylation sites (tertiary alicyclic amines) is 1. The molecule has 0 N–H and O–H groups in total. The van der Waals surface area contributed by atoms with Crippen molar-refractivity contribution in [2.24, 2.45) is 5.92 Å². The molecular weight excluding hydrogens is 692 g/mol. The van der Waals surface area contributed by atoms with Crippen LogP contribution in [0.3, 0.4) is 0 Å². The average molecular weight is 738 g/mol. The Morgan fingerprint density at radius 3 is 2.47 bits per heavy atom. The van der Waals surface area contributed by atoms with E-state index in [1.54, 1.807) is 16.4 Å². The van der Waals surface area contributed by atoms with Crippen LogP contribution in [0.25, 0.3) is 10.8 Å². The van der Waals surface area contributed by atoms with Gasteiger partial charge in [-0.25, -0.2) is 6.54 Å². The van der Waals surface area contributed by atoms with E-state index in [0.29, 0.717) is 17.2 Å². The number of hydrogen-bond donors (Lipinski definition) is 0. The fraction of sp³-hybridized carbons (Fsp3) is 0.405. The van der Waals surface area contributed by atoms with Gasteiger partial charge in [-0.1, -0.05) is 81.0 Å². The quantitative estimate of drug-likeness (QED) is 0.1000. The predicted molar refractivity (Wildman–Crippen MR) is 187 cm³/mol. The van der Waals surface area contributed by atoms with Gasteiger partial charge in [0.05, 0.1) is 0 Å². The zero-order valence-corrected chi connectivity index (χ0v) is 30.5. The molecule has 0 spiro atoms. The van der Waals surface area contributed by atoms with Crippen LogP contribution in [0.1, 0.15) is 85.3 Å². The van der Waals surface area contributed by atoms with E-state index in [1.807, 2.05) is 13.8 Å². The summed E-state index contributed by atoms with van der Waals surface area (Å²) in [7, 11) is 11.6. The molecule has 3 aromatic rings. The molecule has 45 heavy (non-hydrogen) atoms. The molecule has 5 nitrogen and oxygen atoms in total. The van der Waals surface area contributed by atoms with Crippen LogP contribution < -0.4 is 4.74 Å². The molecule has 2 atom stereocenters. The number of fused-ring (bicyclic) bond motifs is 1. The normalized spacial score (nSPS) is 21.1. The minimum Gasteiger partial charge on any atom is -0.520 e. The van der Waals surface area contributed by atoms with E-state index in [4.69, 9.17) is 24.1 Å². The Morgan fingerprint density at radius 1 is 1.11 bits per heavy atom. The van der Waals surface area contributed by atoms with Crippen molar-refractivity contribution in [3.63, 3.8) is 0 Å². The number of nitro groups is 1. The van der Waals surface area contributed by atoms with Gasteiger partial charge in [-0.05, 0) is 67.5 Å². The van der Waals surface area contributed by atoms with Crippen molar-refractivity contribution in [3.8, 4) is 5.75 Å². The summed E-state index contributed by atoms with van der Waals surface area (Å²) in [5, 5.41) is 13.4. The molecule has 5 rings (SSSR count). The fourth-order valence-corrected chi connectivity index (χ4v) is 8.57. The zero-order chi connectivity index (χ0) is 32.9. The molecule has 1 unspecified atom stereocenters. The molecule has 244 valence electrons. The van der Waals surface area contributed by atoms with E-state index in [0.717, 1.165) is 12.8 Å². The summed E-state index contributed by atoms with van der Waals surface area (Å²) in [5.74, 6) is 1.19. The van der Waals surface area contributed by atoms with Gasteiger partial charge in [0.25, 0.3) is 0 Å². The van der Waals surface area contributed by atoms with Gasteiger partial charge in [0, 0.05) is 5.54 Å². The standard InChI is InChI=1S/C27H34N.C10H11NO3.2ClH.Ru/c1-6-20-13-10-14-21(7-2)25(20)28-19-27(5,18-26(28,3)4)24-17-11-15-22-12-8-9-16-23(22)24;1-7(2)14-10-5-4-9(11(12)13)6-8(10)3;;;/h8-13,15-17,19,21H,6-7,14,18H2,1-5H3;3-7H,1-2H3;2*1H;/q-1;;;;+2/p-2/t21-,27?;;;;/m0..../s1. The number of non-ortho nitro benzene ring substituents is 1. The molecule has 1 aliphatic carbocycles. The van der Waals surface area contributed by atoms with E-state index in [2.05, 4.69) is 101 Å². The van der Waals surface area contributed by atoms with Crippen molar-refractivity contribution in [2.75, 3.05) is 0 Å². The largest absolute Gasteiger partial charge is 0.520 e. The summed E-state index contributed by atoms with van der Waals surface area (Å²) in [5.41, 5.74) is 5.27. The second-order valence-electron chi connectivity index (χ2n) is 12.9. The smallest absolute Gasteiger partial charge is 0.00420 e. The monoisotopic (exact) mass is 737 g/mol. The van der Waals surface area contributed by atoms with Crippen LogP contribution in [-0.2, 0) is 18.9 Å². The number of nitrogens with zero attached hydrogens (tertiary/aromatic N) is 2. The molecule has 0 amide bonds. The minimum absolute atomic E-state index is 0.00360. The molecule has 0 aromatic heterocycles. The van der Waals surface area contributed by atoms with E-state index >= 15 is 0 Å². The van der Waals surface area contributed by atoms with Gasteiger partial charge in [0.1, 0.15) is 0 Å². The molecule has 8 heteroatoms. The predicted octanol–water partition coefficient (Wildman–Crippen LogP) is 10.9. The Hall–Kier alpha value is -2.53. The van der Waals surface area contributed by atoms with Crippen molar-refractivity contribution >= 4 is 40.5 Å². The number of halogens is 2. The summed E-state index contributed by atoms with van der Waals surface area (Å²) in [4.78, 5) is 12.9. The van der Waals surface area contributed by atoms with Crippen LogP contribution in [0.15, 0.2) is 84.1 Å². The average Bonchev–Trinajstić information content (AvgIpc) is 3.25. The molecule has 1 fully saturated rings. The topological polar surface area (TPSA) is 55.6 Å². The maximum Gasteiger partial charge on any atom is 0.00420 e. The van der Waals surface area contributed by atoms with Gasteiger partial charge in [0.2, 0.25) is 0 Å². The third-order valence-electron chi connectivity index (χ3n) is 8.61. The van der Waals surface area contributed by atoms with Crippen LogP contribution in [-0.4, -0.2) is 26.1 Å². The molecule has 0 radical (unpaired) electrons. The molecular formula is C37H45Cl2N2O3Ru-. The number of hydrogen-bond acceptors (Lipinski definition) is 4. The third kappa shape index (κ3) is 8.26. The first-order chi connectivity index (χ1) is 21.3. The van der Waals surface area contributed by atoms with Gasteiger partial charge in [-0.3, -0.25) is 0 Å². The first-order valence-corrected chi connectivity index (χ1v) is 21.1. The first kappa shape index (κ1) is 35.3. The molecule has 0 saturated carbocycles. The number of ether oxygens (including phenoxy) is 1. The summed E-state index contributed by atoms with van der Waals surface area (Å²) in [6, 6.07) is 20.0. The van der Waals surface area contributed by atoms with E-state index in [1.165, 1.54) is 46.9 Å². The summed E-state index contributed by atoms with van der Waals surface area (Å²) in [6.45, 7) is 18.2. The zero-order valence-electron chi connectivity index (χ0n) is 27.3. The number of benzene rings is 3. The maximum absolute atomic E-state index is 10.7. The summed E-state index contributed by atoms with van der Waals surface area (Å²) in [6.07, 6.45) is 9.34. The molecule has 1 heterocycles. The van der Waals surface area contributed by atoms with Gasteiger partial charge in [0.15, 0.2) is 0 Å². The SMILES string of the molecule is CC(C)Oc1ccc([N+](=O)[O-])cc1[CH]=[Ru]([Cl])[Cl].CCC1=C(N2[CH-]C(C)(c3cccc4ccccc34)CC2(C)C)[C@@H](CC)CC=C1. The van der Waals surface area contributed by atoms with Crippen molar-refractivity contribution in [3.05, 3.63) is 112 Å². The Bertz CT molecular complexity index is 1620. The number of rotatable bonds is 8.